The van der Waals surface area contributed by atoms with Crippen LogP contribution >= 0.6 is 0 Å². The molecule has 3 fully saturated rings. The first-order chi connectivity index (χ1) is 18.3. The second-order valence-corrected chi connectivity index (χ2v) is 13.3. The lowest BCUT2D eigenvalue weighted by atomic mass is 9.78. The summed E-state index contributed by atoms with van der Waals surface area (Å²) in [6, 6.07) is 7.27. The van der Waals surface area contributed by atoms with Gasteiger partial charge in [0.05, 0.1) is 24.3 Å². The summed E-state index contributed by atoms with van der Waals surface area (Å²) in [7, 11) is -3.23. The number of imidazole rings is 1. The number of nitrogens with zero attached hydrogens (tertiary/aromatic N) is 5. The van der Waals surface area contributed by atoms with Gasteiger partial charge >= 0.3 is 0 Å². The quantitative estimate of drug-likeness (QED) is 0.431. The van der Waals surface area contributed by atoms with Crippen LogP contribution in [0.3, 0.4) is 0 Å². The average Bonchev–Trinajstić information content (AvgIpc) is 3.41. The van der Waals surface area contributed by atoms with Crippen molar-refractivity contribution in [1.29, 1.82) is 0 Å². The Morgan fingerprint density at radius 1 is 1.00 bits per heavy atom. The molecule has 5 heterocycles. The topological polar surface area (TPSA) is 71.3 Å². The molecule has 0 spiro atoms. The highest BCUT2D eigenvalue weighted by molar-refractivity contribution is 7.88. The van der Waals surface area contributed by atoms with Crippen molar-refractivity contribution >= 4 is 21.1 Å². The Morgan fingerprint density at radius 2 is 1.68 bits per heavy atom. The number of rotatable bonds is 7. The summed E-state index contributed by atoms with van der Waals surface area (Å²) in [6.45, 7) is 1.80. The van der Waals surface area contributed by atoms with Crippen molar-refractivity contribution in [3.63, 3.8) is 0 Å². The third-order valence-electron chi connectivity index (χ3n) is 9.18. The number of hydrogen-bond acceptors (Lipinski definition) is 5. The summed E-state index contributed by atoms with van der Waals surface area (Å²) >= 11 is 0. The second kappa shape index (κ2) is 10.3. The number of aromatic nitrogens is 3. The molecule has 7 nitrogen and oxygen atoms in total. The van der Waals surface area contributed by atoms with E-state index in [1.165, 1.54) is 35.5 Å². The van der Waals surface area contributed by atoms with E-state index in [1.54, 1.807) is 0 Å². The van der Waals surface area contributed by atoms with Crippen molar-refractivity contribution in [3.05, 3.63) is 60.2 Å². The minimum Gasteiger partial charge on any atom is -0.327 e. The highest BCUT2D eigenvalue weighted by Gasteiger charge is 2.42. The van der Waals surface area contributed by atoms with Gasteiger partial charge in [-0.05, 0) is 87.1 Å². The lowest BCUT2D eigenvalue weighted by molar-refractivity contribution is 0.0992. The molecule has 0 N–H and O–H groups in total. The van der Waals surface area contributed by atoms with Gasteiger partial charge in [0.1, 0.15) is 17.2 Å². The molecular weight excluding hydrogens is 508 g/mol. The molecule has 1 aromatic carbocycles. The molecule has 6 rings (SSSR count). The minimum absolute atomic E-state index is 0.0101. The van der Waals surface area contributed by atoms with Gasteiger partial charge in [0.15, 0.2) is 0 Å². The molecule has 3 saturated heterocycles. The highest BCUT2D eigenvalue weighted by Crippen LogP contribution is 2.43. The van der Waals surface area contributed by atoms with E-state index in [4.69, 9.17) is 0 Å². The van der Waals surface area contributed by atoms with Crippen molar-refractivity contribution < 1.29 is 17.2 Å². The normalized spacial score (nSPS) is 26.2. The van der Waals surface area contributed by atoms with E-state index in [0.717, 1.165) is 42.9 Å². The molecule has 3 aromatic rings. The van der Waals surface area contributed by atoms with Crippen molar-refractivity contribution in [1.82, 2.24) is 23.7 Å². The van der Waals surface area contributed by atoms with E-state index < -0.39 is 21.7 Å². The van der Waals surface area contributed by atoms with Crippen LogP contribution in [0.5, 0.6) is 0 Å². The zero-order chi connectivity index (χ0) is 26.4. The standard InChI is InChI=1S/C28H35F2N5O2S/c1-38(36,37)33-9-5-19(6-10-33)26(20-12-21(29)14-22(30)13-20)7-11-34-23-2-3-24(34)16-25(15-23)35-18-32-27-17-31-8-4-28(27)35/h4,8,12-14,17-19,23-26H,2-3,5-7,9-11,15-16H2,1H3/t23?,24?,25?,26-/m1/s1. The Bertz CT molecular complexity index is 1370. The molecule has 10 heteroatoms. The summed E-state index contributed by atoms with van der Waals surface area (Å²) < 4.78 is 56.4. The SMILES string of the molecule is CS(=O)(=O)N1CCC([C@@H](CCN2C3CCC2CC(n2cnc4cnccc42)C3)c2cc(F)cc(F)c2)CC1. The largest absolute Gasteiger partial charge is 0.327 e. The van der Waals surface area contributed by atoms with Gasteiger partial charge in [-0.25, -0.2) is 26.5 Å². The molecule has 0 saturated carbocycles. The van der Waals surface area contributed by atoms with Gasteiger partial charge < -0.3 is 4.57 Å². The fourth-order valence-corrected chi connectivity index (χ4v) is 8.25. The zero-order valence-corrected chi connectivity index (χ0v) is 22.5. The molecule has 38 heavy (non-hydrogen) atoms. The van der Waals surface area contributed by atoms with E-state index in [9.17, 15) is 17.2 Å². The first-order valence-electron chi connectivity index (χ1n) is 13.7. The Hall–Kier alpha value is -2.43. The number of sulfonamides is 1. The van der Waals surface area contributed by atoms with Crippen LogP contribution in [0, 0.1) is 17.6 Å². The molecule has 0 amide bonds. The van der Waals surface area contributed by atoms with Crippen molar-refractivity contribution in [2.24, 2.45) is 5.92 Å². The summed E-state index contributed by atoms with van der Waals surface area (Å²) in [5.74, 6) is -0.927. The number of hydrogen-bond donors (Lipinski definition) is 0. The van der Waals surface area contributed by atoms with Crippen molar-refractivity contribution in [3.8, 4) is 0 Å². The Morgan fingerprint density at radius 3 is 2.34 bits per heavy atom. The third kappa shape index (κ3) is 5.10. The van der Waals surface area contributed by atoms with Crippen LogP contribution in [0.15, 0.2) is 43.0 Å². The van der Waals surface area contributed by atoms with Gasteiger partial charge in [-0.15, -0.1) is 0 Å². The van der Waals surface area contributed by atoms with Crippen LogP contribution in [0.4, 0.5) is 8.78 Å². The number of fused-ring (bicyclic) bond motifs is 3. The lowest BCUT2D eigenvalue weighted by Crippen LogP contribution is -2.44. The molecule has 0 aliphatic carbocycles. The molecule has 3 aliphatic rings. The zero-order valence-electron chi connectivity index (χ0n) is 21.7. The van der Waals surface area contributed by atoms with E-state index in [0.29, 0.717) is 49.6 Å². The van der Waals surface area contributed by atoms with Gasteiger partial charge in [0.25, 0.3) is 0 Å². The maximum atomic E-state index is 14.2. The number of pyridine rings is 1. The molecular formula is C28H35F2N5O2S. The second-order valence-electron chi connectivity index (χ2n) is 11.4. The van der Waals surface area contributed by atoms with Gasteiger partial charge in [-0.3, -0.25) is 9.88 Å². The van der Waals surface area contributed by atoms with Crippen LogP contribution < -0.4 is 0 Å². The summed E-state index contributed by atoms with van der Waals surface area (Å²) in [6.07, 6.45) is 13.5. The maximum Gasteiger partial charge on any atom is 0.211 e. The van der Waals surface area contributed by atoms with E-state index in [2.05, 4.69) is 19.4 Å². The highest BCUT2D eigenvalue weighted by atomic mass is 32.2. The molecule has 204 valence electrons. The smallest absolute Gasteiger partial charge is 0.211 e. The molecule has 2 aromatic heterocycles. The molecule has 3 atom stereocenters. The minimum atomic E-state index is -3.23. The number of piperidine rings is 2. The third-order valence-corrected chi connectivity index (χ3v) is 10.5. The Kier molecular flexibility index (Phi) is 6.98. The Balaban J connectivity index is 1.17. The van der Waals surface area contributed by atoms with Crippen LogP contribution in [-0.2, 0) is 10.0 Å². The number of benzene rings is 1. The van der Waals surface area contributed by atoms with E-state index in [1.807, 2.05) is 24.8 Å². The molecule has 2 unspecified atom stereocenters. The van der Waals surface area contributed by atoms with Gasteiger partial charge in [0.2, 0.25) is 10.0 Å². The van der Waals surface area contributed by atoms with Crippen LogP contribution in [0.2, 0.25) is 0 Å². The monoisotopic (exact) mass is 543 g/mol. The molecule has 3 aliphatic heterocycles. The van der Waals surface area contributed by atoms with Crippen molar-refractivity contribution in [2.75, 3.05) is 25.9 Å². The Labute approximate surface area is 222 Å². The summed E-state index contributed by atoms with van der Waals surface area (Å²) in [5.41, 5.74) is 2.75. The van der Waals surface area contributed by atoms with E-state index >= 15 is 0 Å². The van der Waals surface area contributed by atoms with Gasteiger partial charge in [-0.2, -0.15) is 0 Å². The summed E-state index contributed by atoms with van der Waals surface area (Å²) in [4.78, 5) is 11.4. The van der Waals surface area contributed by atoms with Crippen LogP contribution in [0.1, 0.15) is 62.5 Å². The van der Waals surface area contributed by atoms with Crippen LogP contribution in [-0.4, -0.2) is 70.1 Å². The fourth-order valence-electron chi connectivity index (χ4n) is 7.37. The number of halogens is 2. The lowest BCUT2D eigenvalue weighted by Gasteiger charge is -2.41. The predicted octanol–water partition coefficient (Wildman–Crippen LogP) is 4.72. The molecule has 2 bridgehead atoms. The maximum absolute atomic E-state index is 14.2. The van der Waals surface area contributed by atoms with E-state index in [-0.39, 0.29) is 11.8 Å². The van der Waals surface area contributed by atoms with Gasteiger partial charge in [0, 0.05) is 43.5 Å². The van der Waals surface area contributed by atoms with Gasteiger partial charge in [-0.1, -0.05) is 0 Å². The first-order valence-corrected chi connectivity index (χ1v) is 15.5. The van der Waals surface area contributed by atoms with Crippen LogP contribution in [0.25, 0.3) is 11.0 Å². The van der Waals surface area contributed by atoms with Crippen molar-refractivity contribution in [2.45, 2.75) is 69.0 Å². The fraction of sp³-hybridized carbons (Fsp3) is 0.571. The molecule has 0 radical (unpaired) electrons. The average molecular weight is 544 g/mol. The summed E-state index contributed by atoms with van der Waals surface area (Å²) in [5, 5.41) is 0. The predicted molar refractivity (Wildman–Crippen MR) is 142 cm³/mol. The first kappa shape index (κ1) is 25.8.